The topological polar surface area (TPSA) is 68.0 Å². The van der Waals surface area contributed by atoms with Crippen molar-refractivity contribution in [3.05, 3.63) is 41.0 Å². The normalized spacial score (nSPS) is 12.8. The molecule has 0 bridgehead atoms. The Morgan fingerprint density at radius 3 is 2.80 bits per heavy atom. The van der Waals surface area contributed by atoms with Gasteiger partial charge in [0, 0.05) is 22.2 Å². The van der Waals surface area contributed by atoms with E-state index in [1.807, 2.05) is 12.1 Å². The second-order valence-corrected chi connectivity index (χ2v) is 5.58. The predicted molar refractivity (Wildman–Crippen MR) is 81.5 cm³/mol. The van der Waals surface area contributed by atoms with Gasteiger partial charge in [-0.2, -0.15) is 0 Å². The summed E-state index contributed by atoms with van der Waals surface area (Å²) < 4.78 is 0. The van der Waals surface area contributed by atoms with E-state index >= 15 is 0 Å². The number of carbonyl (C=O) groups is 1. The van der Waals surface area contributed by atoms with E-state index in [4.69, 9.17) is 17.3 Å². The zero-order valence-electron chi connectivity index (χ0n) is 11.6. The van der Waals surface area contributed by atoms with Crippen LogP contribution in [0.2, 0.25) is 5.02 Å². The molecule has 4 nitrogen and oxygen atoms in total. The molecule has 0 radical (unpaired) electrons. The summed E-state index contributed by atoms with van der Waals surface area (Å²) in [6.07, 6.45) is 1.68. The minimum absolute atomic E-state index is 0.417. The van der Waals surface area contributed by atoms with Crippen molar-refractivity contribution in [3.8, 4) is 0 Å². The summed E-state index contributed by atoms with van der Waals surface area (Å²) in [6, 6.07) is 6.72. The van der Waals surface area contributed by atoms with E-state index < -0.39 is 11.9 Å². The highest BCUT2D eigenvalue weighted by Crippen LogP contribution is 2.28. The molecule has 5 heteroatoms. The summed E-state index contributed by atoms with van der Waals surface area (Å²) in [5.41, 5.74) is 6.99. The Kier molecular flexibility index (Phi) is 4.57. The molecule has 2 aromatic rings. The van der Waals surface area contributed by atoms with E-state index in [1.54, 1.807) is 18.3 Å². The van der Waals surface area contributed by atoms with Gasteiger partial charge in [-0.3, -0.25) is 9.78 Å². The van der Waals surface area contributed by atoms with Gasteiger partial charge in [-0.1, -0.05) is 31.5 Å². The van der Waals surface area contributed by atoms with E-state index in [0.717, 1.165) is 10.9 Å². The number of rotatable bonds is 5. The molecule has 106 valence electrons. The number of halogens is 1. The van der Waals surface area contributed by atoms with Crippen molar-refractivity contribution < 1.29 is 4.79 Å². The number of fused-ring (bicyclic) bond motifs is 1. The summed E-state index contributed by atoms with van der Waals surface area (Å²) in [7, 11) is 0. The van der Waals surface area contributed by atoms with Crippen LogP contribution in [0.3, 0.4) is 0 Å². The summed E-state index contributed by atoms with van der Waals surface area (Å²) in [6.45, 7) is 4.84. The molecule has 20 heavy (non-hydrogen) atoms. The maximum absolute atomic E-state index is 11.7. The molecule has 0 saturated carbocycles. The fourth-order valence-corrected chi connectivity index (χ4v) is 2.33. The molecular weight excluding hydrogens is 274 g/mol. The van der Waals surface area contributed by atoms with Crippen LogP contribution in [0.25, 0.3) is 10.9 Å². The van der Waals surface area contributed by atoms with E-state index in [-0.39, 0.29) is 0 Å². The number of primary amides is 1. The molecule has 0 spiro atoms. The number of hydrogen-bond acceptors (Lipinski definition) is 3. The van der Waals surface area contributed by atoms with Crippen molar-refractivity contribution in [3.63, 3.8) is 0 Å². The first-order valence-electron chi connectivity index (χ1n) is 6.56. The van der Waals surface area contributed by atoms with E-state index in [9.17, 15) is 4.79 Å². The van der Waals surface area contributed by atoms with Crippen LogP contribution in [0.4, 0.5) is 0 Å². The van der Waals surface area contributed by atoms with Crippen LogP contribution in [-0.2, 0) is 4.79 Å². The Labute approximate surface area is 123 Å². The van der Waals surface area contributed by atoms with Gasteiger partial charge in [-0.15, -0.1) is 0 Å². The second-order valence-electron chi connectivity index (χ2n) is 5.17. The number of pyridine rings is 1. The maximum atomic E-state index is 11.7. The first-order valence-corrected chi connectivity index (χ1v) is 6.94. The van der Waals surface area contributed by atoms with Crippen LogP contribution in [0.15, 0.2) is 30.5 Å². The SMILES string of the molecule is CC(C)CNC(C(N)=O)c1ccc(Cl)c2cccnc12. The standard InChI is InChI=1S/C15H18ClN3O/c1-9(2)8-19-14(15(17)20)11-5-6-12(16)10-4-3-7-18-13(10)11/h3-7,9,14,19H,8H2,1-2H3,(H2,17,20). The average molecular weight is 292 g/mol. The molecule has 3 N–H and O–H groups in total. The van der Waals surface area contributed by atoms with Gasteiger partial charge < -0.3 is 11.1 Å². The second kappa shape index (κ2) is 6.20. The maximum Gasteiger partial charge on any atom is 0.239 e. The summed E-state index contributed by atoms with van der Waals surface area (Å²) in [5, 5.41) is 4.63. The largest absolute Gasteiger partial charge is 0.368 e. The average Bonchev–Trinajstić information content (AvgIpc) is 2.41. The fourth-order valence-electron chi connectivity index (χ4n) is 2.11. The summed E-state index contributed by atoms with van der Waals surface area (Å²) in [5.74, 6) is 0.00305. The van der Waals surface area contributed by atoms with Crippen LogP contribution in [0.1, 0.15) is 25.5 Å². The van der Waals surface area contributed by atoms with Gasteiger partial charge in [-0.25, -0.2) is 0 Å². The number of nitrogens with zero attached hydrogens (tertiary/aromatic N) is 1. The first kappa shape index (κ1) is 14.8. The molecule has 1 aromatic carbocycles. The fraction of sp³-hybridized carbons (Fsp3) is 0.333. The van der Waals surface area contributed by atoms with Gasteiger partial charge in [0.05, 0.1) is 5.52 Å². The van der Waals surface area contributed by atoms with Gasteiger partial charge in [0.2, 0.25) is 5.91 Å². The molecule has 1 atom stereocenters. The number of carbonyl (C=O) groups excluding carboxylic acids is 1. The van der Waals surface area contributed by atoms with Crippen LogP contribution in [0.5, 0.6) is 0 Å². The molecule has 1 unspecified atom stereocenters. The Balaban J connectivity index is 2.48. The molecule has 0 fully saturated rings. The molecule has 1 aromatic heterocycles. The number of nitrogens with one attached hydrogen (secondary N) is 1. The third kappa shape index (κ3) is 3.08. The van der Waals surface area contributed by atoms with Gasteiger partial charge >= 0.3 is 0 Å². The number of benzene rings is 1. The van der Waals surface area contributed by atoms with E-state index in [1.165, 1.54) is 0 Å². The van der Waals surface area contributed by atoms with Gasteiger partial charge in [0.1, 0.15) is 6.04 Å². The minimum Gasteiger partial charge on any atom is -0.368 e. The van der Waals surface area contributed by atoms with Crippen LogP contribution >= 0.6 is 11.6 Å². The Morgan fingerprint density at radius 2 is 2.15 bits per heavy atom. The summed E-state index contributed by atoms with van der Waals surface area (Å²) >= 11 is 6.16. The molecule has 0 saturated heterocycles. The lowest BCUT2D eigenvalue weighted by atomic mass is 10.0. The predicted octanol–water partition coefficient (Wildman–Crippen LogP) is 2.66. The number of amides is 1. The van der Waals surface area contributed by atoms with Crippen molar-refractivity contribution in [2.45, 2.75) is 19.9 Å². The molecule has 0 aliphatic heterocycles. The molecule has 1 amide bonds. The van der Waals surface area contributed by atoms with Crippen molar-refractivity contribution in [1.29, 1.82) is 0 Å². The molecular formula is C15H18ClN3O. The van der Waals surface area contributed by atoms with Gasteiger partial charge in [0.15, 0.2) is 0 Å². The number of nitrogens with two attached hydrogens (primary N) is 1. The highest BCUT2D eigenvalue weighted by molar-refractivity contribution is 6.35. The monoisotopic (exact) mass is 291 g/mol. The zero-order chi connectivity index (χ0) is 14.7. The third-order valence-electron chi connectivity index (χ3n) is 3.07. The van der Waals surface area contributed by atoms with E-state index in [2.05, 4.69) is 24.1 Å². The van der Waals surface area contributed by atoms with Crippen molar-refractivity contribution in [1.82, 2.24) is 10.3 Å². The molecule has 0 aliphatic rings. The van der Waals surface area contributed by atoms with Gasteiger partial charge in [0.25, 0.3) is 0 Å². The summed E-state index contributed by atoms with van der Waals surface area (Å²) in [4.78, 5) is 16.1. The minimum atomic E-state index is -0.563. The molecule has 0 aliphatic carbocycles. The zero-order valence-corrected chi connectivity index (χ0v) is 12.3. The number of aromatic nitrogens is 1. The Hall–Kier alpha value is -1.65. The Morgan fingerprint density at radius 1 is 1.40 bits per heavy atom. The van der Waals surface area contributed by atoms with Gasteiger partial charge in [-0.05, 0) is 30.7 Å². The lowest BCUT2D eigenvalue weighted by Crippen LogP contribution is -2.35. The molecule has 1 heterocycles. The van der Waals surface area contributed by atoms with Crippen molar-refractivity contribution >= 4 is 28.4 Å². The highest BCUT2D eigenvalue weighted by atomic mass is 35.5. The molecule has 2 rings (SSSR count). The smallest absolute Gasteiger partial charge is 0.239 e. The lowest BCUT2D eigenvalue weighted by Gasteiger charge is -2.19. The van der Waals surface area contributed by atoms with Crippen LogP contribution in [0, 0.1) is 5.92 Å². The quantitative estimate of drug-likeness (QED) is 0.890. The van der Waals surface area contributed by atoms with Crippen LogP contribution in [-0.4, -0.2) is 17.4 Å². The van der Waals surface area contributed by atoms with Crippen LogP contribution < -0.4 is 11.1 Å². The lowest BCUT2D eigenvalue weighted by molar-refractivity contribution is -0.120. The highest BCUT2D eigenvalue weighted by Gasteiger charge is 2.21. The van der Waals surface area contributed by atoms with E-state index in [0.29, 0.717) is 23.0 Å². The Bertz CT molecular complexity index is 628. The first-order chi connectivity index (χ1) is 9.50. The van der Waals surface area contributed by atoms with Crippen molar-refractivity contribution in [2.75, 3.05) is 6.54 Å². The number of hydrogen-bond donors (Lipinski definition) is 2. The third-order valence-corrected chi connectivity index (χ3v) is 3.40. The van der Waals surface area contributed by atoms with Crippen molar-refractivity contribution in [2.24, 2.45) is 11.7 Å².